The lowest BCUT2D eigenvalue weighted by Crippen LogP contribution is -2.62. The smallest absolute Gasteiger partial charge is 0.315 e. The molecule has 0 heterocycles. The van der Waals surface area contributed by atoms with Crippen LogP contribution in [-0.4, -0.2) is 56.8 Å². The summed E-state index contributed by atoms with van der Waals surface area (Å²) < 4.78 is 16.7. The predicted molar refractivity (Wildman–Crippen MR) is 112 cm³/mol. The fraction of sp³-hybridized carbons (Fsp3) is 0.957. The molecule has 5 saturated carbocycles. The Kier molecular flexibility index (Phi) is 7.35. The van der Waals surface area contributed by atoms with Crippen LogP contribution in [0.2, 0.25) is 0 Å². The van der Waals surface area contributed by atoms with E-state index in [1.165, 1.54) is 38.5 Å². The molecule has 2 N–H and O–H groups in total. The van der Waals surface area contributed by atoms with Crippen molar-refractivity contribution in [3.05, 3.63) is 0 Å². The van der Waals surface area contributed by atoms with Crippen molar-refractivity contribution < 1.29 is 19.0 Å². The summed E-state index contributed by atoms with van der Waals surface area (Å²) in [7, 11) is 0. The number of amides is 2. The molecule has 0 aromatic heterocycles. The van der Waals surface area contributed by atoms with Gasteiger partial charge in [0.2, 0.25) is 0 Å². The van der Waals surface area contributed by atoms with Crippen LogP contribution in [0.15, 0.2) is 0 Å². The third-order valence-electron chi connectivity index (χ3n) is 7.58. The Balaban J connectivity index is 1.10. The highest BCUT2D eigenvalue weighted by Crippen LogP contribution is 2.55. The van der Waals surface area contributed by atoms with Crippen LogP contribution in [0.5, 0.6) is 0 Å². The van der Waals surface area contributed by atoms with Crippen molar-refractivity contribution in [2.75, 3.05) is 33.0 Å². The van der Waals surface area contributed by atoms with E-state index in [4.69, 9.17) is 14.2 Å². The largest absolute Gasteiger partial charge is 0.379 e. The zero-order chi connectivity index (χ0) is 20.1. The first kappa shape index (κ1) is 21.4. The van der Waals surface area contributed by atoms with E-state index in [0.717, 1.165) is 50.0 Å². The van der Waals surface area contributed by atoms with Gasteiger partial charge in [0.1, 0.15) is 0 Å². The molecule has 29 heavy (non-hydrogen) atoms. The van der Waals surface area contributed by atoms with Gasteiger partial charge in [-0.25, -0.2) is 4.79 Å². The Bertz CT molecular complexity index is 498. The summed E-state index contributed by atoms with van der Waals surface area (Å²) in [6.45, 7) is 5.27. The Hall–Kier alpha value is -0.850. The first-order valence-electron chi connectivity index (χ1n) is 12.0. The van der Waals surface area contributed by atoms with Gasteiger partial charge in [0, 0.05) is 18.2 Å². The molecular formula is C23H40N2O4. The topological polar surface area (TPSA) is 68.8 Å². The molecular weight excluding hydrogens is 368 g/mol. The molecule has 5 aliphatic rings. The Morgan fingerprint density at radius 3 is 2.07 bits per heavy atom. The summed E-state index contributed by atoms with van der Waals surface area (Å²) in [6.07, 6.45) is 12.2. The minimum atomic E-state index is 0.0685. The molecule has 0 saturated heterocycles. The molecule has 2 amide bonds. The number of ether oxygens (including phenoxy) is 3. The highest BCUT2D eigenvalue weighted by molar-refractivity contribution is 5.75. The van der Waals surface area contributed by atoms with E-state index >= 15 is 0 Å². The zero-order valence-electron chi connectivity index (χ0n) is 18.1. The summed E-state index contributed by atoms with van der Waals surface area (Å²) in [4.78, 5) is 12.7. The van der Waals surface area contributed by atoms with Gasteiger partial charge >= 0.3 is 6.03 Å². The molecule has 0 unspecified atom stereocenters. The maximum Gasteiger partial charge on any atom is 0.315 e. The van der Waals surface area contributed by atoms with Gasteiger partial charge in [-0.2, -0.15) is 0 Å². The van der Waals surface area contributed by atoms with E-state index in [1.54, 1.807) is 0 Å². The molecule has 0 spiro atoms. The van der Waals surface area contributed by atoms with E-state index in [2.05, 4.69) is 10.6 Å². The van der Waals surface area contributed by atoms with E-state index in [0.29, 0.717) is 32.5 Å². The molecule has 4 bridgehead atoms. The van der Waals surface area contributed by atoms with Crippen molar-refractivity contribution in [1.82, 2.24) is 10.6 Å². The molecule has 166 valence electrons. The average molecular weight is 409 g/mol. The summed E-state index contributed by atoms with van der Waals surface area (Å²) in [5.74, 6) is 2.58. The maximum absolute atomic E-state index is 12.7. The number of carbonyl (C=O) groups is 1. The molecule has 5 rings (SSSR count). The number of hydrogen-bond donors (Lipinski definition) is 2. The van der Waals surface area contributed by atoms with Crippen LogP contribution in [0, 0.1) is 17.8 Å². The number of hydrogen-bond acceptors (Lipinski definition) is 4. The second kappa shape index (κ2) is 9.97. The lowest BCUT2D eigenvalue weighted by molar-refractivity contribution is -0.0239. The first-order valence-corrected chi connectivity index (χ1v) is 12.0. The minimum absolute atomic E-state index is 0.0685. The number of rotatable bonds is 10. The number of carbonyl (C=O) groups excluding carboxylic acids is 1. The van der Waals surface area contributed by atoms with Crippen molar-refractivity contribution in [1.29, 1.82) is 0 Å². The third kappa shape index (κ3) is 5.86. The fourth-order valence-corrected chi connectivity index (χ4v) is 6.74. The molecule has 0 aromatic carbocycles. The van der Waals surface area contributed by atoms with Crippen LogP contribution < -0.4 is 10.6 Å². The lowest BCUT2D eigenvalue weighted by Gasteiger charge is -2.56. The minimum Gasteiger partial charge on any atom is -0.379 e. The van der Waals surface area contributed by atoms with Gasteiger partial charge in [-0.1, -0.05) is 0 Å². The van der Waals surface area contributed by atoms with E-state index < -0.39 is 0 Å². The second-order valence-electron chi connectivity index (χ2n) is 9.95. The van der Waals surface area contributed by atoms with Crippen molar-refractivity contribution in [3.63, 3.8) is 0 Å². The molecule has 0 aliphatic heterocycles. The highest BCUT2D eigenvalue weighted by Gasteiger charge is 2.51. The molecule has 0 atom stereocenters. The fourth-order valence-electron chi connectivity index (χ4n) is 6.74. The molecule has 6 heteroatoms. The monoisotopic (exact) mass is 408 g/mol. The molecule has 0 aromatic rings. The van der Waals surface area contributed by atoms with Gasteiger partial charge in [-0.15, -0.1) is 0 Å². The molecule has 6 nitrogen and oxygen atoms in total. The first-order chi connectivity index (χ1) is 14.1. The predicted octanol–water partition coefficient (Wildman–Crippen LogP) is 3.64. The number of nitrogens with one attached hydrogen (secondary N) is 2. The van der Waals surface area contributed by atoms with Crippen LogP contribution in [0.1, 0.15) is 71.1 Å². The van der Waals surface area contributed by atoms with E-state index in [-0.39, 0.29) is 17.6 Å². The Labute approximate surface area is 175 Å². The third-order valence-corrected chi connectivity index (χ3v) is 7.58. The van der Waals surface area contributed by atoms with Gasteiger partial charge in [0.05, 0.1) is 32.5 Å². The normalized spacial score (nSPS) is 38.2. The lowest BCUT2D eigenvalue weighted by atomic mass is 9.53. The van der Waals surface area contributed by atoms with Crippen molar-refractivity contribution in [2.24, 2.45) is 17.8 Å². The maximum atomic E-state index is 12.7. The highest BCUT2D eigenvalue weighted by atomic mass is 16.5. The van der Waals surface area contributed by atoms with Gasteiger partial charge in [-0.05, 0) is 88.9 Å². The Morgan fingerprint density at radius 1 is 0.862 bits per heavy atom. The van der Waals surface area contributed by atoms with Gasteiger partial charge < -0.3 is 24.8 Å². The van der Waals surface area contributed by atoms with Crippen LogP contribution in [0.25, 0.3) is 0 Å². The summed E-state index contributed by atoms with van der Waals surface area (Å²) in [5, 5.41) is 6.70. The van der Waals surface area contributed by atoms with Gasteiger partial charge in [-0.3, -0.25) is 0 Å². The van der Waals surface area contributed by atoms with Gasteiger partial charge in [0.25, 0.3) is 0 Å². The van der Waals surface area contributed by atoms with Crippen LogP contribution >= 0.6 is 0 Å². The second-order valence-corrected chi connectivity index (χ2v) is 9.95. The van der Waals surface area contributed by atoms with Crippen LogP contribution in [-0.2, 0) is 14.2 Å². The summed E-state index contributed by atoms with van der Waals surface area (Å²) in [5.41, 5.74) is 0.0985. The molecule has 5 fully saturated rings. The quantitative estimate of drug-likeness (QED) is 0.542. The Morgan fingerprint density at radius 2 is 1.45 bits per heavy atom. The zero-order valence-corrected chi connectivity index (χ0v) is 18.1. The van der Waals surface area contributed by atoms with E-state index in [1.807, 2.05) is 6.92 Å². The molecule has 0 radical (unpaired) electrons. The SMILES string of the molecule is CCOCCOCCOC1CCC(NC(=O)NC23CC4CC(CC(C4)C2)C3)CC1. The van der Waals surface area contributed by atoms with Crippen molar-refractivity contribution in [2.45, 2.75) is 88.8 Å². The van der Waals surface area contributed by atoms with Crippen LogP contribution in [0.3, 0.4) is 0 Å². The number of urea groups is 1. The van der Waals surface area contributed by atoms with Crippen molar-refractivity contribution in [3.8, 4) is 0 Å². The van der Waals surface area contributed by atoms with Crippen molar-refractivity contribution >= 4 is 6.03 Å². The summed E-state index contributed by atoms with van der Waals surface area (Å²) in [6, 6.07) is 0.352. The standard InChI is InChI=1S/C23H40N2O4/c1-2-27-7-8-28-9-10-29-21-5-3-20(4-6-21)24-22(26)25-23-14-17-11-18(15-23)13-19(12-17)16-23/h17-21H,2-16H2,1H3,(H2,24,25,26). The molecule has 5 aliphatic carbocycles. The van der Waals surface area contributed by atoms with Gasteiger partial charge in [0.15, 0.2) is 0 Å². The van der Waals surface area contributed by atoms with Crippen LogP contribution in [0.4, 0.5) is 4.79 Å². The summed E-state index contributed by atoms with van der Waals surface area (Å²) >= 11 is 0. The van der Waals surface area contributed by atoms with E-state index in [9.17, 15) is 4.79 Å². The average Bonchev–Trinajstić information content (AvgIpc) is 2.67.